The second-order valence-corrected chi connectivity index (χ2v) is 5.19. The van der Waals surface area contributed by atoms with Crippen LogP contribution in [-0.2, 0) is 0 Å². The molecule has 0 spiro atoms. The Bertz CT molecular complexity index is 712. The number of nitrogens with two attached hydrogens (primary N) is 1. The van der Waals surface area contributed by atoms with Gasteiger partial charge in [0.2, 0.25) is 0 Å². The fraction of sp³-hybridized carbons (Fsp3) is 0. The van der Waals surface area contributed by atoms with E-state index in [0.29, 0.717) is 27.8 Å². The highest BCUT2D eigenvalue weighted by Crippen LogP contribution is 2.26. The first kappa shape index (κ1) is 13.8. The number of hydrogen-bond acceptors (Lipinski definition) is 4. The molecule has 2 N–H and O–H groups in total. The molecule has 0 unspecified atom stereocenters. The summed E-state index contributed by atoms with van der Waals surface area (Å²) in [5.74, 6) is -0.101. The zero-order chi connectivity index (χ0) is 15.0. The van der Waals surface area contributed by atoms with Crippen LogP contribution in [-0.4, -0.2) is 20.2 Å². The summed E-state index contributed by atoms with van der Waals surface area (Å²) in [5.41, 5.74) is 7.25. The van der Waals surface area contributed by atoms with Crippen LogP contribution in [0.5, 0.6) is 0 Å². The Hall–Kier alpha value is -2.18. The predicted octanol–water partition coefficient (Wildman–Crippen LogP) is 3.36. The van der Waals surface area contributed by atoms with E-state index in [2.05, 4.69) is 15.5 Å². The van der Waals surface area contributed by atoms with Crippen LogP contribution in [0.1, 0.15) is 0 Å². The molecular formula is C13H8Cl2FN5. The monoisotopic (exact) mass is 323 g/mol. The fourth-order valence-electron chi connectivity index (χ4n) is 1.94. The fourth-order valence-corrected chi connectivity index (χ4v) is 2.40. The van der Waals surface area contributed by atoms with Gasteiger partial charge in [0.1, 0.15) is 5.82 Å². The number of benzene rings is 2. The number of hydrogen-bond donors (Lipinski definition) is 1. The summed E-state index contributed by atoms with van der Waals surface area (Å²) in [6, 6.07) is 8.98. The first-order valence-electron chi connectivity index (χ1n) is 5.84. The van der Waals surface area contributed by atoms with Crippen molar-refractivity contribution in [3.05, 3.63) is 52.3 Å². The quantitative estimate of drug-likeness (QED) is 0.734. The summed E-state index contributed by atoms with van der Waals surface area (Å²) in [6.07, 6.45) is 0. The normalized spacial score (nSPS) is 10.8. The maximum Gasteiger partial charge on any atom is 0.187 e. The summed E-state index contributed by atoms with van der Waals surface area (Å²) < 4.78 is 14.8. The minimum atomic E-state index is -0.482. The van der Waals surface area contributed by atoms with Gasteiger partial charge in [-0.15, -0.1) is 5.10 Å². The average molecular weight is 324 g/mol. The molecule has 0 aliphatic rings. The number of nitrogen functional groups attached to an aromatic ring is 1. The molecular weight excluding hydrogens is 316 g/mol. The Balaban J connectivity index is 2.16. The maximum atomic E-state index is 13.5. The van der Waals surface area contributed by atoms with Crippen molar-refractivity contribution in [1.29, 1.82) is 0 Å². The van der Waals surface area contributed by atoms with Crippen molar-refractivity contribution in [2.45, 2.75) is 0 Å². The van der Waals surface area contributed by atoms with Gasteiger partial charge in [-0.3, -0.25) is 0 Å². The Morgan fingerprint density at radius 2 is 1.76 bits per heavy atom. The Morgan fingerprint density at radius 1 is 1.00 bits per heavy atom. The van der Waals surface area contributed by atoms with Crippen LogP contribution in [0.15, 0.2) is 36.4 Å². The molecule has 1 aromatic heterocycles. The molecule has 2 aromatic carbocycles. The van der Waals surface area contributed by atoms with Gasteiger partial charge in [-0.25, -0.2) is 4.39 Å². The molecule has 0 aliphatic heterocycles. The number of rotatable bonds is 2. The van der Waals surface area contributed by atoms with Gasteiger partial charge < -0.3 is 5.73 Å². The predicted molar refractivity (Wildman–Crippen MR) is 79.0 cm³/mol. The smallest absolute Gasteiger partial charge is 0.187 e. The van der Waals surface area contributed by atoms with Gasteiger partial charge >= 0.3 is 0 Å². The van der Waals surface area contributed by atoms with E-state index in [1.165, 1.54) is 16.8 Å². The molecule has 0 bridgehead atoms. The third kappa shape index (κ3) is 2.81. The van der Waals surface area contributed by atoms with E-state index in [4.69, 9.17) is 28.9 Å². The SMILES string of the molecule is Nc1cc(Cl)cc(-c2nnnn2-c2cc(F)cc(Cl)c2)c1. The molecule has 106 valence electrons. The van der Waals surface area contributed by atoms with Crippen LogP contribution in [0.25, 0.3) is 17.1 Å². The highest BCUT2D eigenvalue weighted by Gasteiger charge is 2.13. The highest BCUT2D eigenvalue weighted by atomic mass is 35.5. The molecule has 0 radical (unpaired) electrons. The summed E-state index contributed by atoms with van der Waals surface area (Å²) in [7, 11) is 0. The van der Waals surface area contributed by atoms with E-state index in [1.54, 1.807) is 24.3 Å². The zero-order valence-corrected chi connectivity index (χ0v) is 12.0. The average Bonchev–Trinajstić information content (AvgIpc) is 2.85. The molecule has 3 aromatic rings. The Morgan fingerprint density at radius 3 is 2.48 bits per heavy atom. The molecule has 0 saturated carbocycles. The Kier molecular flexibility index (Phi) is 3.48. The number of aromatic nitrogens is 4. The summed E-state index contributed by atoms with van der Waals surface area (Å²) >= 11 is 11.8. The van der Waals surface area contributed by atoms with Crippen molar-refractivity contribution in [3.8, 4) is 17.1 Å². The van der Waals surface area contributed by atoms with E-state index in [-0.39, 0.29) is 5.02 Å². The van der Waals surface area contributed by atoms with Gasteiger partial charge in [-0.05, 0) is 46.8 Å². The summed E-state index contributed by atoms with van der Waals surface area (Å²) in [4.78, 5) is 0. The van der Waals surface area contributed by atoms with Gasteiger partial charge in [0.15, 0.2) is 5.82 Å². The topological polar surface area (TPSA) is 69.6 Å². The van der Waals surface area contributed by atoms with Crippen LogP contribution >= 0.6 is 23.2 Å². The van der Waals surface area contributed by atoms with Crippen LogP contribution in [0.2, 0.25) is 10.0 Å². The zero-order valence-electron chi connectivity index (χ0n) is 10.5. The third-order valence-electron chi connectivity index (χ3n) is 2.74. The number of anilines is 1. The number of tetrazole rings is 1. The van der Waals surface area contributed by atoms with Crippen molar-refractivity contribution >= 4 is 28.9 Å². The van der Waals surface area contributed by atoms with Crippen molar-refractivity contribution in [1.82, 2.24) is 20.2 Å². The lowest BCUT2D eigenvalue weighted by atomic mass is 10.2. The van der Waals surface area contributed by atoms with Gasteiger partial charge in [0.25, 0.3) is 0 Å². The molecule has 5 nitrogen and oxygen atoms in total. The van der Waals surface area contributed by atoms with Crippen molar-refractivity contribution in [2.24, 2.45) is 0 Å². The lowest BCUT2D eigenvalue weighted by Gasteiger charge is -2.06. The lowest BCUT2D eigenvalue weighted by Crippen LogP contribution is -2.01. The molecule has 0 atom stereocenters. The van der Waals surface area contributed by atoms with E-state index in [9.17, 15) is 4.39 Å². The molecule has 0 amide bonds. The third-order valence-corrected chi connectivity index (χ3v) is 3.18. The minimum Gasteiger partial charge on any atom is -0.399 e. The maximum absolute atomic E-state index is 13.5. The van der Waals surface area contributed by atoms with Crippen molar-refractivity contribution in [3.63, 3.8) is 0 Å². The molecule has 3 rings (SSSR count). The largest absolute Gasteiger partial charge is 0.399 e. The molecule has 21 heavy (non-hydrogen) atoms. The summed E-state index contributed by atoms with van der Waals surface area (Å²) in [6.45, 7) is 0. The molecule has 0 aliphatic carbocycles. The van der Waals surface area contributed by atoms with Crippen LogP contribution < -0.4 is 5.73 Å². The van der Waals surface area contributed by atoms with Crippen LogP contribution in [0.3, 0.4) is 0 Å². The first-order valence-corrected chi connectivity index (χ1v) is 6.60. The second-order valence-electron chi connectivity index (χ2n) is 4.32. The van der Waals surface area contributed by atoms with Gasteiger partial charge in [-0.2, -0.15) is 4.68 Å². The van der Waals surface area contributed by atoms with Crippen LogP contribution in [0, 0.1) is 5.82 Å². The number of halogens is 3. The van der Waals surface area contributed by atoms with Gasteiger partial charge in [0, 0.05) is 21.3 Å². The minimum absolute atomic E-state index is 0.247. The molecule has 1 heterocycles. The second kappa shape index (κ2) is 5.31. The molecule has 8 heteroatoms. The number of nitrogens with zero attached hydrogens (tertiary/aromatic N) is 4. The van der Waals surface area contributed by atoms with E-state index in [1.807, 2.05) is 0 Å². The Labute approximate surface area is 129 Å². The standard InChI is InChI=1S/C13H8Cl2FN5/c14-8-1-7(2-11(17)4-8)13-18-19-20-21(13)12-5-9(15)3-10(16)6-12/h1-6H,17H2. The van der Waals surface area contributed by atoms with Gasteiger partial charge in [0.05, 0.1) is 5.69 Å². The van der Waals surface area contributed by atoms with Crippen LogP contribution in [0.4, 0.5) is 10.1 Å². The summed E-state index contributed by atoms with van der Waals surface area (Å²) in [5, 5.41) is 12.1. The van der Waals surface area contributed by atoms with Crippen molar-refractivity contribution < 1.29 is 4.39 Å². The van der Waals surface area contributed by atoms with Gasteiger partial charge in [-0.1, -0.05) is 23.2 Å². The van der Waals surface area contributed by atoms with E-state index in [0.717, 1.165) is 0 Å². The molecule has 0 fully saturated rings. The van der Waals surface area contributed by atoms with Crippen molar-refractivity contribution in [2.75, 3.05) is 5.73 Å². The lowest BCUT2D eigenvalue weighted by molar-refractivity contribution is 0.625. The molecule has 0 saturated heterocycles. The highest BCUT2D eigenvalue weighted by molar-refractivity contribution is 6.31. The van der Waals surface area contributed by atoms with E-state index < -0.39 is 5.82 Å². The van der Waals surface area contributed by atoms with E-state index >= 15 is 0 Å². The first-order chi connectivity index (χ1) is 10.0.